The summed E-state index contributed by atoms with van der Waals surface area (Å²) >= 11 is 12.3. The van der Waals surface area contributed by atoms with E-state index in [9.17, 15) is 0 Å². The van der Waals surface area contributed by atoms with Gasteiger partial charge in [0, 0.05) is 17.2 Å². The molecule has 0 amide bonds. The van der Waals surface area contributed by atoms with E-state index in [4.69, 9.17) is 27.9 Å². The number of aromatic nitrogens is 4. The molecule has 5 nitrogen and oxygen atoms in total. The van der Waals surface area contributed by atoms with E-state index in [2.05, 4.69) is 15.0 Å². The molecule has 2 aromatic heterocycles. The summed E-state index contributed by atoms with van der Waals surface area (Å²) in [4.78, 5) is 13.4. The van der Waals surface area contributed by atoms with E-state index in [1.807, 2.05) is 29.7 Å². The van der Waals surface area contributed by atoms with Crippen LogP contribution in [0, 0.1) is 6.92 Å². The number of aryl methyl sites for hydroxylation is 1. The van der Waals surface area contributed by atoms with Gasteiger partial charge in [-0.05, 0) is 55.5 Å². The van der Waals surface area contributed by atoms with Gasteiger partial charge >= 0.3 is 0 Å². The van der Waals surface area contributed by atoms with Crippen molar-refractivity contribution in [2.45, 2.75) is 38.8 Å². The fraction of sp³-hybridized carbons (Fsp3) is 0.389. The number of hydrogen-bond acceptors (Lipinski definition) is 4. The van der Waals surface area contributed by atoms with Crippen LogP contribution in [0.2, 0.25) is 10.3 Å². The molecule has 0 bridgehead atoms. The molecule has 25 heavy (non-hydrogen) atoms. The second-order valence-corrected chi connectivity index (χ2v) is 7.07. The molecule has 0 aliphatic carbocycles. The molecular weight excluding hydrogens is 359 g/mol. The van der Waals surface area contributed by atoms with Crippen molar-refractivity contribution in [3.8, 4) is 11.3 Å². The van der Waals surface area contributed by atoms with Crippen LogP contribution in [0.15, 0.2) is 24.5 Å². The first-order chi connectivity index (χ1) is 12.1. The average molecular weight is 377 g/mol. The number of halogens is 2. The van der Waals surface area contributed by atoms with E-state index in [0.717, 1.165) is 48.2 Å². The second-order valence-electron chi connectivity index (χ2n) is 6.30. The summed E-state index contributed by atoms with van der Waals surface area (Å²) in [5.41, 5.74) is 4.12. The van der Waals surface area contributed by atoms with Crippen LogP contribution in [0.4, 0.5) is 0 Å². The number of fused-ring (bicyclic) bond motifs is 1. The Balaban J connectivity index is 1.86. The van der Waals surface area contributed by atoms with Crippen molar-refractivity contribution >= 4 is 34.4 Å². The van der Waals surface area contributed by atoms with Gasteiger partial charge in [0.15, 0.2) is 5.65 Å². The number of nitrogens with zero attached hydrogens (tertiary/aromatic N) is 4. The molecule has 3 aromatic rings. The Labute approximate surface area is 156 Å². The van der Waals surface area contributed by atoms with Crippen molar-refractivity contribution in [3.63, 3.8) is 0 Å². The summed E-state index contributed by atoms with van der Waals surface area (Å²) in [6, 6.07) is 5.69. The van der Waals surface area contributed by atoms with Gasteiger partial charge in [-0.25, -0.2) is 9.97 Å². The van der Waals surface area contributed by atoms with Crippen molar-refractivity contribution in [2.75, 3.05) is 6.61 Å². The zero-order chi connectivity index (χ0) is 17.4. The molecule has 0 radical (unpaired) electrons. The highest BCUT2D eigenvalue weighted by Crippen LogP contribution is 2.32. The maximum absolute atomic E-state index is 6.23. The lowest BCUT2D eigenvalue weighted by molar-refractivity contribution is 0.00934. The summed E-state index contributed by atoms with van der Waals surface area (Å²) in [5.74, 6) is 0. The number of hydrogen-bond donors (Lipinski definition) is 0. The Morgan fingerprint density at radius 1 is 1.16 bits per heavy atom. The lowest BCUT2D eigenvalue weighted by atomic mass is 10.1. The highest BCUT2D eigenvalue weighted by atomic mass is 35.5. The maximum atomic E-state index is 6.23. The summed E-state index contributed by atoms with van der Waals surface area (Å²) in [6.07, 6.45) is 6.08. The lowest BCUT2D eigenvalue weighted by Gasteiger charge is -2.17. The third-order valence-electron chi connectivity index (χ3n) is 4.55. The Bertz CT molecular complexity index is 917. The number of benzene rings is 1. The van der Waals surface area contributed by atoms with Gasteiger partial charge in [0.05, 0.1) is 6.33 Å². The van der Waals surface area contributed by atoms with Gasteiger partial charge in [-0.15, -0.1) is 0 Å². The molecule has 1 aliphatic rings. The smallest absolute Gasteiger partial charge is 0.225 e. The minimum atomic E-state index is -0.0577. The normalized spacial score (nSPS) is 18.4. The SMILES string of the molecule is Cc1cc(Cl)ccc1-c1nc(Cl)nc2c1ncn2C1CCCCCO1. The van der Waals surface area contributed by atoms with Gasteiger partial charge in [0.25, 0.3) is 0 Å². The van der Waals surface area contributed by atoms with Crippen LogP contribution in [0.3, 0.4) is 0 Å². The summed E-state index contributed by atoms with van der Waals surface area (Å²) in [7, 11) is 0. The van der Waals surface area contributed by atoms with Gasteiger partial charge in [0.2, 0.25) is 5.28 Å². The largest absolute Gasteiger partial charge is 0.358 e. The molecule has 0 spiro atoms. The van der Waals surface area contributed by atoms with Crippen molar-refractivity contribution in [2.24, 2.45) is 0 Å². The van der Waals surface area contributed by atoms with Crippen molar-refractivity contribution in [1.82, 2.24) is 19.5 Å². The number of imidazole rings is 1. The second kappa shape index (κ2) is 6.90. The van der Waals surface area contributed by atoms with Gasteiger partial charge < -0.3 is 4.74 Å². The summed E-state index contributed by atoms with van der Waals surface area (Å²) in [5, 5.41) is 0.891. The molecule has 130 valence electrons. The molecular formula is C18H18Cl2N4O. The summed E-state index contributed by atoms with van der Waals surface area (Å²) in [6.45, 7) is 2.75. The molecule has 0 saturated carbocycles. The van der Waals surface area contributed by atoms with Gasteiger partial charge in [-0.1, -0.05) is 24.1 Å². The highest BCUT2D eigenvalue weighted by molar-refractivity contribution is 6.30. The molecule has 1 fully saturated rings. The Morgan fingerprint density at radius 3 is 2.88 bits per heavy atom. The quantitative estimate of drug-likeness (QED) is 0.576. The van der Waals surface area contributed by atoms with Crippen LogP contribution in [0.1, 0.15) is 37.5 Å². The minimum absolute atomic E-state index is 0.0577. The molecule has 1 aromatic carbocycles. The molecule has 4 rings (SSSR count). The third kappa shape index (κ3) is 3.24. The Kier molecular flexibility index (Phi) is 4.63. The van der Waals surface area contributed by atoms with Gasteiger partial charge in [-0.2, -0.15) is 4.98 Å². The molecule has 3 heterocycles. The number of rotatable bonds is 2. The molecule has 0 N–H and O–H groups in total. The molecule has 1 unspecified atom stereocenters. The topological polar surface area (TPSA) is 52.8 Å². The summed E-state index contributed by atoms with van der Waals surface area (Å²) < 4.78 is 7.96. The van der Waals surface area contributed by atoms with Crippen LogP contribution in [-0.4, -0.2) is 26.1 Å². The van der Waals surface area contributed by atoms with Crippen molar-refractivity contribution < 1.29 is 4.74 Å². The Hall–Kier alpha value is -1.69. The van der Waals surface area contributed by atoms with E-state index in [-0.39, 0.29) is 11.5 Å². The van der Waals surface area contributed by atoms with Crippen molar-refractivity contribution in [1.29, 1.82) is 0 Å². The van der Waals surface area contributed by atoms with E-state index in [0.29, 0.717) is 10.7 Å². The first kappa shape index (κ1) is 16.8. The van der Waals surface area contributed by atoms with Gasteiger partial charge in [0.1, 0.15) is 17.4 Å². The Morgan fingerprint density at radius 2 is 2.04 bits per heavy atom. The minimum Gasteiger partial charge on any atom is -0.358 e. The number of ether oxygens (including phenoxy) is 1. The molecule has 1 atom stereocenters. The fourth-order valence-corrected chi connectivity index (χ4v) is 3.69. The van der Waals surface area contributed by atoms with Crippen LogP contribution in [0.5, 0.6) is 0 Å². The highest BCUT2D eigenvalue weighted by Gasteiger charge is 2.21. The maximum Gasteiger partial charge on any atom is 0.225 e. The molecule has 1 saturated heterocycles. The first-order valence-electron chi connectivity index (χ1n) is 8.41. The van der Waals surface area contributed by atoms with Crippen LogP contribution in [0.25, 0.3) is 22.4 Å². The average Bonchev–Trinajstić information content (AvgIpc) is 2.81. The van der Waals surface area contributed by atoms with Crippen LogP contribution >= 0.6 is 23.2 Å². The predicted molar refractivity (Wildman–Crippen MR) is 99.0 cm³/mol. The van der Waals surface area contributed by atoms with E-state index in [1.54, 1.807) is 6.33 Å². The third-order valence-corrected chi connectivity index (χ3v) is 4.96. The predicted octanol–water partition coefficient (Wildman–Crippen LogP) is 5.20. The van der Waals surface area contributed by atoms with E-state index < -0.39 is 0 Å². The van der Waals surface area contributed by atoms with Gasteiger partial charge in [-0.3, -0.25) is 4.57 Å². The van der Waals surface area contributed by atoms with Crippen LogP contribution < -0.4 is 0 Å². The van der Waals surface area contributed by atoms with Crippen molar-refractivity contribution in [3.05, 3.63) is 40.4 Å². The molecule has 1 aliphatic heterocycles. The lowest BCUT2D eigenvalue weighted by Crippen LogP contribution is -2.11. The molecule has 7 heteroatoms. The zero-order valence-corrected chi connectivity index (χ0v) is 15.4. The first-order valence-corrected chi connectivity index (χ1v) is 9.17. The zero-order valence-electron chi connectivity index (χ0n) is 13.9. The van der Waals surface area contributed by atoms with Crippen LogP contribution in [-0.2, 0) is 4.74 Å². The van der Waals surface area contributed by atoms with E-state index >= 15 is 0 Å². The van der Waals surface area contributed by atoms with E-state index in [1.165, 1.54) is 6.42 Å². The monoisotopic (exact) mass is 376 g/mol. The standard InChI is InChI=1S/C18H18Cl2N4O/c1-11-9-12(19)6-7-13(11)15-16-17(23-18(20)22-15)24(10-21-16)14-5-3-2-4-8-25-14/h6-7,9-10,14H,2-5,8H2,1H3. The fourth-order valence-electron chi connectivity index (χ4n) is 3.30.